The van der Waals surface area contributed by atoms with Crippen molar-refractivity contribution < 1.29 is 4.52 Å². The summed E-state index contributed by atoms with van der Waals surface area (Å²) in [6, 6.07) is 0. The Morgan fingerprint density at radius 3 is 3.00 bits per heavy atom. The molecule has 0 bridgehead atoms. The molecule has 2 aromatic rings. The van der Waals surface area contributed by atoms with Gasteiger partial charge in [-0.25, -0.2) is 0 Å². The van der Waals surface area contributed by atoms with Crippen LogP contribution in [-0.2, 0) is 6.42 Å². The molecule has 18 heavy (non-hydrogen) atoms. The van der Waals surface area contributed by atoms with Crippen LogP contribution in [0, 0.1) is 0 Å². The van der Waals surface area contributed by atoms with Gasteiger partial charge in [0.1, 0.15) is 4.88 Å². The lowest BCUT2D eigenvalue weighted by molar-refractivity contribution is 0.392. The lowest BCUT2D eigenvalue weighted by atomic mass is 9.98. The topological polar surface area (TPSA) is 76.7 Å². The molecule has 0 aromatic carbocycles. The molecular formula is C11H15N5OS. The summed E-state index contributed by atoms with van der Waals surface area (Å²) < 4.78 is 9.30. The zero-order chi connectivity index (χ0) is 12.4. The number of rotatable bonds is 3. The van der Waals surface area contributed by atoms with Crippen LogP contribution in [-0.4, -0.2) is 32.8 Å². The maximum atomic E-state index is 5.35. The average molecular weight is 265 g/mol. The molecule has 1 fully saturated rings. The van der Waals surface area contributed by atoms with Gasteiger partial charge in [0, 0.05) is 5.92 Å². The first kappa shape index (κ1) is 11.7. The number of nitrogens with one attached hydrogen (secondary N) is 1. The molecule has 7 heteroatoms. The van der Waals surface area contributed by atoms with Gasteiger partial charge in [-0.1, -0.05) is 16.6 Å². The van der Waals surface area contributed by atoms with Gasteiger partial charge in [0.25, 0.3) is 5.89 Å². The average Bonchev–Trinajstić information content (AvgIpc) is 3.08. The maximum absolute atomic E-state index is 5.35. The minimum absolute atomic E-state index is 0.412. The van der Waals surface area contributed by atoms with E-state index in [1.54, 1.807) is 0 Å². The van der Waals surface area contributed by atoms with Gasteiger partial charge >= 0.3 is 0 Å². The van der Waals surface area contributed by atoms with Gasteiger partial charge in [-0.2, -0.15) is 4.98 Å². The van der Waals surface area contributed by atoms with Crippen molar-refractivity contribution in [2.24, 2.45) is 0 Å². The third kappa shape index (κ3) is 2.15. The Morgan fingerprint density at radius 1 is 1.39 bits per heavy atom. The van der Waals surface area contributed by atoms with E-state index in [0.717, 1.165) is 48.7 Å². The first-order chi connectivity index (χ1) is 8.88. The highest BCUT2D eigenvalue weighted by atomic mass is 32.1. The quantitative estimate of drug-likeness (QED) is 0.908. The number of aromatic nitrogens is 4. The summed E-state index contributed by atoms with van der Waals surface area (Å²) in [5.74, 6) is 1.80. The normalized spacial score (nSPS) is 17.2. The van der Waals surface area contributed by atoms with E-state index in [4.69, 9.17) is 4.52 Å². The van der Waals surface area contributed by atoms with Crippen molar-refractivity contribution in [1.29, 1.82) is 0 Å². The monoisotopic (exact) mass is 265 g/mol. The van der Waals surface area contributed by atoms with Crippen molar-refractivity contribution in [3.8, 4) is 10.8 Å². The van der Waals surface area contributed by atoms with E-state index in [0.29, 0.717) is 11.8 Å². The predicted molar refractivity (Wildman–Crippen MR) is 67.4 cm³/mol. The van der Waals surface area contributed by atoms with Gasteiger partial charge in [0.05, 0.1) is 5.69 Å². The Bertz CT molecular complexity index is 517. The van der Waals surface area contributed by atoms with Gasteiger partial charge in [-0.3, -0.25) is 0 Å². The molecule has 0 atom stereocenters. The van der Waals surface area contributed by atoms with Crippen LogP contribution in [0.3, 0.4) is 0 Å². The number of nitrogens with zero attached hydrogens (tertiary/aromatic N) is 4. The molecule has 3 heterocycles. The van der Waals surface area contributed by atoms with Gasteiger partial charge in [0.2, 0.25) is 0 Å². The van der Waals surface area contributed by atoms with E-state index < -0.39 is 0 Å². The largest absolute Gasteiger partial charge is 0.333 e. The van der Waals surface area contributed by atoms with Crippen LogP contribution in [0.25, 0.3) is 10.8 Å². The minimum Gasteiger partial charge on any atom is -0.333 e. The lowest BCUT2D eigenvalue weighted by Crippen LogP contribution is -2.27. The molecule has 2 aromatic heterocycles. The summed E-state index contributed by atoms with van der Waals surface area (Å²) >= 11 is 1.32. The highest BCUT2D eigenvalue weighted by Gasteiger charge is 2.22. The van der Waals surface area contributed by atoms with E-state index in [9.17, 15) is 0 Å². The smallest absolute Gasteiger partial charge is 0.271 e. The van der Waals surface area contributed by atoms with Gasteiger partial charge in [0.15, 0.2) is 5.82 Å². The molecule has 0 spiro atoms. The molecule has 1 saturated heterocycles. The zero-order valence-electron chi connectivity index (χ0n) is 10.2. The molecule has 0 saturated carbocycles. The molecule has 1 N–H and O–H groups in total. The Hall–Kier alpha value is -1.34. The summed E-state index contributed by atoms with van der Waals surface area (Å²) in [6.45, 7) is 4.10. The highest BCUT2D eigenvalue weighted by Crippen LogP contribution is 2.28. The number of hydrogen-bond donors (Lipinski definition) is 1. The minimum atomic E-state index is 0.412. The van der Waals surface area contributed by atoms with Crippen LogP contribution in [0.15, 0.2) is 4.52 Å². The van der Waals surface area contributed by atoms with Crippen molar-refractivity contribution >= 4 is 11.5 Å². The molecule has 6 nitrogen and oxygen atoms in total. The van der Waals surface area contributed by atoms with Gasteiger partial charge in [-0.15, -0.1) is 5.10 Å². The molecule has 0 aliphatic carbocycles. The highest BCUT2D eigenvalue weighted by molar-refractivity contribution is 7.09. The Kier molecular flexibility index (Phi) is 3.33. The molecule has 3 rings (SSSR count). The number of aryl methyl sites for hydroxylation is 1. The van der Waals surface area contributed by atoms with Crippen molar-refractivity contribution in [2.75, 3.05) is 13.1 Å². The molecule has 0 amide bonds. The molecule has 1 aliphatic rings. The maximum Gasteiger partial charge on any atom is 0.271 e. The van der Waals surface area contributed by atoms with E-state index in [2.05, 4.69) is 25.0 Å². The van der Waals surface area contributed by atoms with Gasteiger partial charge in [-0.05, 0) is 43.9 Å². The number of hydrogen-bond acceptors (Lipinski definition) is 7. The Labute approximate surface area is 109 Å². The first-order valence-corrected chi connectivity index (χ1v) is 7.01. The zero-order valence-corrected chi connectivity index (χ0v) is 11.0. The second-order valence-electron chi connectivity index (χ2n) is 4.38. The summed E-state index contributed by atoms with van der Waals surface area (Å²) in [4.78, 5) is 5.42. The summed E-state index contributed by atoms with van der Waals surface area (Å²) in [5.41, 5.74) is 0.931. The van der Waals surface area contributed by atoms with Crippen LogP contribution >= 0.6 is 11.5 Å². The van der Waals surface area contributed by atoms with E-state index in [1.807, 2.05) is 6.92 Å². The molecule has 0 radical (unpaired) electrons. The summed E-state index contributed by atoms with van der Waals surface area (Å²) in [5, 5.41) is 11.5. The van der Waals surface area contributed by atoms with Crippen LogP contribution in [0.4, 0.5) is 0 Å². The van der Waals surface area contributed by atoms with E-state index >= 15 is 0 Å². The third-order valence-corrected chi connectivity index (χ3v) is 3.99. The fourth-order valence-corrected chi connectivity index (χ4v) is 2.85. The first-order valence-electron chi connectivity index (χ1n) is 6.24. The molecule has 1 aliphatic heterocycles. The Morgan fingerprint density at radius 2 is 2.22 bits per heavy atom. The summed E-state index contributed by atoms with van der Waals surface area (Å²) in [6.07, 6.45) is 2.97. The van der Waals surface area contributed by atoms with Crippen LogP contribution < -0.4 is 5.32 Å². The third-order valence-electron chi connectivity index (χ3n) is 3.23. The van der Waals surface area contributed by atoms with Crippen molar-refractivity contribution in [1.82, 2.24) is 25.0 Å². The van der Waals surface area contributed by atoms with Crippen LogP contribution in [0.1, 0.15) is 37.2 Å². The predicted octanol–water partition coefficient (Wildman–Crippen LogP) is 1.62. The van der Waals surface area contributed by atoms with Gasteiger partial charge < -0.3 is 9.84 Å². The molecule has 0 unspecified atom stereocenters. The second-order valence-corrected chi connectivity index (χ2v) is 5.14. The van der Waals surface area contributed by atoms with Crippen LogP contribution in [0.2, 0.25) is 0 Å². The van der Waals surface area contributed by atoms with Crippen molar-refractivity contribution in [3.05, 3.63) is 11.5 Å². The van der Waals surface area contributed by atoms with E-state index in [-0.39, 0.29) is 0 Å². The van der Waals surface area contributed by atoms with E-state index in [1.165, 1.54) is 11.5 Å². The lowest BCUT2D eigenvalue weighted by Gasteiger charge is -2.18. The van der Waals surface area contributed by atoms with Crippen LogP contribution in [0.5, 0.6) is 0 Å². The Balaban J connectivity index is 1.84. The molecule has 96 valence electrons. The van der Waals surface area contributed by atoms with Crippen molar-refractivity contribution in [3.63, 3.8) is 0 Å². The second kappa shape index (κ2) is 5.11. The molecular weight excluding hydrogens is 250 g/mol. The number of piperidine rings is 1. The standard InChI is InChI=1S/C11H15N5OS/c1-2-8-9(18-16-14-8)11-13-10(15-17-11)7-3-5-12-6-4-7/h7,12H,2-6H2,1H3. The fourth-order valence-electron chi connectivity index (χ4n) is 2.18. The summed E-state index contributed by atoms with van der Waals surface area (Å²) in [7, 11) is 0. The fraction of sp³-hybridized carbons (Fsp3) is 0.636. The SMILES string of the molecule is CCc1nnsc1-c1nc(C2CCNCC2)no1. The van der Waals surface area contributed by atoms with Crippen molar-refractivity contribution in [2.45, 2.75) is 32.1 Å².